The lowest BCUT2D eigenvalue weighted by Gasteiger charge is -2.29. The zero-order valence-electron chi connectivity index (χ0n) is 12.8. The van der Waals surface area contributed by atoms with Gasteiger partial charge in [0.15, 0.2) is 0 Å². The third kappa shape index (κ3) is 4.42. The molecule has 6 nitrogen and oxygen atoms in total. The largest absolute Gasteiger partial charge is 0.339 e. The first kappa shape index (κ1) is 18.9. The first-order valence-electron chi connectivity index (χ1n) is 6.93. The van der Waals surface area contributed by atoms with Crippen molar-refractivity contribution in [1.29, 1.82) is 0 Å². The highest BCUT2D eigenvalue weighted by atomic mass is 35.5. The predicted molar refractivity (Wildman–Crippen MR) is 87.7 cm³/mol. The molecular formula is C14H22ClN3O3S. The van der Waals surface area contributed by atoms with Crippen LogP contribution >= 0.6 is 12.4 Å². The van der Waals surface area contributed by atoms with Gasteiger partial charge in [0.2, 0.25) is 15.9 Å². The minimum Gasteiger partial charge on any atom is -0.339 e. The number of amides is 1. The molecule has 2 rings (SSSR count). The van der Waals surface area contributed by atoms with Gasteiger partial charge in [-0.3, -0.25) is 4.79 Å². The topological polar surface area (TPSA) is 69.7 Å². The smallest absolute Gasteiger partial charge is 0.243 e. The van der Waals surface area contributed by atoms with E-state index in [1.807, 2.05) is 6.92 Å². The van der Waals surface area contributed by atoms with Crippen molar-refractivity contribution < 1.29 is 13.2 Å². The van der Waals surface area contributed by atoms with Gasteiger partial charge in [-0.25, -0.2) is 8.42 Å². The van der Waals surface area contributed by atoms with Crippen LogP contribution in [0.5, 0.6) is 0 Å². The van der Waals surface area contributed by atoms with Crippen LogP contribution in [-0.4, -0.2) is 63.3 Å². The van der Waals surface area contributed by atoms with Gasteiger partial charge in [0.25, 0.3) is 0 Å². The fraction of sp³-hybridized carbons (Fsp3) is 0.500. The molecule has 1 amide bonds. The van der Waals surface area contributed by atoms with E-state index in [1.165, 1.54) is 7.05 Å². The molecule has 1 saturated heterocycles. The van der Waals surface area contributed by atoms with Crippen molar-refractivity contribution >= 4 is 28.3 Å². The van der Waals surface area contributed by atoms with Gasteiger partial charge >= 0.3 is 0 Å². The Kier molecular flexibility index (Phi) is 6.80. The molecule has 1 heterocycles. The van der Waals surface area contributed by atoms with Gasteiger partial charge in [-0.2, -0.15) is 4.31 Å². The fourth-order valence-corrected chi connectivity index (χ4v) is 3.30. The first-order valence-corrected chi connectivity index (χ1v) is 8.37. The van der Waals surface area contributed by atoms with E-state index < -0.39 is 10.0 Å². The third-order valence-corrected chi connectivity index (χ3v) is 5.37. The summed E-state index contributed by atoms with van der Waals surface area (Å²) in [5.41, 5.74) is 0.994. The normalized spacial score (nSPS) is 15.5. The molecule has 0 radical (unpaired) electrons. The molecule has 0 saturated carbocycles. The Hall–Kier alpha value is -1.15. The van der Waals surface area contributed by atoms with Crippen LogP contribution in [0.15, 0.2) is 29.2 Å². The Balaban J connectivity index is 0.00000242. The Morgan fingerprint density at radius 3 is 2.32 bits per heavy atom. The van der Waals surface area contributed by atoms with Crippen molar-refractivity contribution in [2.24, 2.45) is 0 Å². The minimum atomic E-state index is -3.62. The van der Waals surface area contributed by atoms with Gasteiger partial charge < -0.3 is 10.2 Å². The SMILES string of the molecule is Cc1ccc(S(=O)(=O)N(C)CC(=O)N2CCNCC2)cc1.Cl. The van der Waals surface area contributed by atoms with E-state index in [9.17, 15) is 13.2 Å². The number of likely N-dealkylation sites (N-methyl/N-ethyl adjacent to an activating group) is 1. The van der Waals surface area contributed by atoms with E-state index in [-0.39, 0.29) is 29.8 Å². The zero-order chi connectivity index (χ0) is 15.5. The number of carbonyl (C=O) groups is 1. The van der Waals surface area contributed by atoms with Crippen LogP contribution in [0, 0.1) is 6.92 Å². The molecule has 0 aliphatic carbocycles. The molecule has 124 valence electrons. The minimum absolute atomic E-state index is 0. The summed E-state index contributed by atoms with van der Waals surface area (Å²) in [6.45, 7) is 4.51. The number of carbonyl (C=O) groups excluding carboxylic acids is 1. The van der Waals surface area contributed by atoms with Crippen LogP contribution < -0.4 is 5.32 Å². The molecule has 1 fully saturated rings. The third-order valence-electron chi connectivity index (χ3n) is 3.56. The van der Waals surface area contributed by atoms with E-state index >= 15 is 0 Å². The van der Waals surface area contributed by atoms with Gasteiger partial charge in [-0.1, -0.05) is 17.7 Å². The fourth-order valence-electron chi connectivity index (χ4n) is 2.18. The number of benzene rings is 1. The number of aryl methyl sites for hydroxylation is 1. The molecule has 0 unspecified atom stereocenters. The monoisotopic (exact) mass is 347 g/mol. The molecular weight excluding hydrogens is 326 g/mol. The Morgan fingerprint density at radius 1 is 1.23 bits per heavy atom. The number of piperazine rings is 1. The van der Waals surface area contributed by atoms with Gasteiger partial charge in [0.05, 0.1) is 11.4 Å². The van der Waals surface area contributed by atoms with E-state index in [2.05, 4.69) is 5.32 Å². The lowest BCUT2D eigenvalue weighted by molar-refractivity contribution is -0.131. The van der Waals surface area contributed by atoms with Crippen LogP contribution in [0.1, 0.15) is 5.56 Å². The zero-order valence-corrected chi connectivity index (χ0v) is 14.4. The molecule has 1 aromatic rings. The summed E-state index contributed by atoms with van der Waals surface area (Å²) in [4.78, 5) is 14.0. The van der Waals surface area contributed by atoms with E-state index in [0.29, 0.717) is 13.1 Å². The van der Waals surface area contributed by atoms with Gasteiger partial charge in [-0.05, 0) is 19.1 Å². The van der Waals surface area contributed by atoms with Crippen molar-refractivity contribution in [3.63, 3.8) is 0 Å². The quantitative estimate of drug-likeness (QED) is 0.859. The molecule has 22 heavy (non-hydrogen) atoms. The molecule has 0 spiro atoms. The second-order valence-corrected chi connectivity index (χ2v) is 7.25. The van der Waals surface area contributed by atoms with Crippen molar-refractivity contribution in [2.75, 3.05) is 39.8 Å². The van der Waals surface area contributed by atoms with Crippen LogP contribution in [0.2, 0.25) is 0 Å². The molecule has 0 bridgehead atoms. The number of halogens is 1. The lowest BCUT2D eigenvalue weighted by atomic mass is 10.2. The average molecular weight is 348 g/mol. The van der Waals surface area contributed by atoms with Crippen molar-refractivity contribution in [3.8, 4) is 0 Å². The Labute approximate surface area is 137 Å². The molecule has 1 aromatic carbocycles. The maximum absolute atomic E-state index is 12.4. The van der Waals surface area contributed by atoms with Crippen molar-refractivity contribution in [1.82, 2.24) is 14.5 Å². The summed E-state index contributed by atoms with van der Waals surface area (Å²) in [7, 11) is -2.18. The predicted octanol–water partition coefficient (Wildman–Crippen LogP) is 0.469. The lowest BCUT2D eigenvalue weighted by Crippen LogP contribution is -2.49. The molecule has 1 aliphatic rings. The Bertz CT molecular complexity index is 598. The summed E-state index contributed by atoms with van der Waals surface area (Å²) < 4.78 is 25.9. The van der Waals surface area contributed by atoms with E-state index in [4.69, 9.17) is 0 Å². The van der Waals surface area contributed by atoms with E-state index in [0.717, 1.165) is 23.0 Å². The summed E-state index contributed by atoms with van der Waals surface area (Å²) in [5, 5.41) is 3.16. The van der Waals surface area contributed by atoms with Crippen molar-refractivity contribution in [3.05, 3.63) is 29.8 Å². The average Bonchev–Trinajstić information content (AvgIpc) is 2.48. The number of rotatable bonds is 4. The highest BCUT2D eigenvalue weighted by Gasteiger charge is 2.25. The molecule has 1 aliphatic heterocycles. The summed E-state index contributed by atoms with van der Waals surface area (Å²) in [5.74, 6) is -0.158. The number of hydrogen-bond donors (Lipinski definition) is 1. The number of hydrogen-bond acceptors (Lipinski definition) is 4. The van der Waals surface area contributed by atoms with Crippen LogP contribution in [0.4, 0.5) is 0 Å². The van der Waals surface area contributed by atoms with Crippen LogP contribution in [0.3, 0.4) is 0 Å². The molecule has 0 atom stereocenters. The van der Waals surface area contributed by atoms with Crippen LogP contribution in [0.25, 0.3) is 0 Å². The van der Waals surface area contributed by atoms with Gasteiger partial charge in [0, 0.05) is 33.2 Å². The Morgan fingerprint density at radius 2 is 1.77 bits per heavy atom. The summed E-state index contributed by atoms with van der Waals surface area (Å²) in [6.07, 6.45) is 0. The number of sulfonamides is 1. The number of nitrogens with one attached hydrogen (secondary N) is 1. The highest BCUT2D eigenvalue weighted by Crippen LogP contribution is 2.15. The van der Waals surface area contributed by atoms with Gasteiger partial charge in [0.1, 0.15) is 0 Å². The summed E-state index contributed by atoms with van der Waals surface area (Å²) >= 11 is 0. The second-order valence-electron chi connectivity index (χ2n) is 5.20. The van der Waals surface area contributed by atoms with Crippen LogP contribution in [-0.2, 0) is 14.8 Å². The maximum Gasteiger partial charge on any atom is 0.243 e. The maximum atomic E-state index is 12.4. The molecule has 1 N–H and O–H groups in total. The standard InChI is InChI=1S/C14H21N3O3S.ClH/c1-12-3-5-13(6-4-12)21(19,20)16(2)11-14(18)17-9-7-15-8-10-17;/h3-6,15H,7-11H2,1-2H3;1H. The van der Waals surface area contributed by atoms with Crippen molar-refractivity contribution in [2.45, 2.75) is 11.8 Å². The first-order chi connectivity index (χ1) is 9.91. The number of nitrogens with zero attached hydrogens (tertiary/aromatic N) is 2. The second kappa shape index (κ2) is 7.92. The van der Waals surface area contributed by atoms with E-state index in [1.54, 1.807) is 29.2 Å². The van der Waals surface area contributed by atoms with Gasteiger partial charge in [-0.15, -0.1) is 12.4 Å². The molecule has 8 heteroatoms. The summed E-state index contributed by atoms with van der Waals surface area (Å²) in [6, 6.07) is 6.63. The molecule has 0 aromatic heterocycles. The highest BCUT2D eigenvalue weighted by molar-refractivity contribution is 7.89.